The van der Waals surface area contributed by atoms with E-state index in [1.807, 2.05) is 32.0 Å². The minimum atomic E-state index is -0.409. The minimum Gasteiger partial charge on any atom is -0.486 e. The quantitative estimate of drug-likeness (QED) is 0.811. The molecule has 1 atom stereocenters. The molecule has 0 saturated heterocycles. The standard InChI is InChI=1S/C19H21N3O4S/c1-11(2)16(12-3-4-14-15(9-12)26-7-6-25-14)21-17(23)13-10-20-19-22(18(13)24)5-8-27-19/h3-4,9-11,16H,5-8H2,1-2H3,(H,21,23). The molecule has 8 heteroatoms. The summed E-state index contributed by atoms with van der Waals surface area (Å²) in [5, 5.41) is 3.66. The topological polar surface area (TPSA) is 82.5 Å². The summed E-state index contributed by atoms with van der Waals surface area (Å²) in [6, 6.07) is 5.40. The molecule has 0 spiro atoms. The molecule has 142 valence electrons. The van der Waals surface area contributed by atoms with E-state index in [4.69, 9.17) is 9.47 Å². The van der Waals surface area contributed by atoms with Gasteiger partial charge in [0.2, 0.25) is 0 Å². The Morgan fingerprint density at radius 3 is 2.81 bits per heavy atom. The smallest absolute Gasteiger partial charge is 0.267 e. The molecule has 1 amide bonds. The number of ether oxygens (including phenoxy) is 2. The van der Waals surface area contributed by atoms with Gasteiger partial charge >= 0.3 is 0 Å². The van der Waals surface area contributed by atoms with E-state index in [0.717, 1.165) is 11.3 Å². The van der Waals surface area contributed by atoms with Crippen LogP contribution in [0, 0.1) is 5.92 Å². The van der Waals surface area contributed by atoms with Crippen molar-refractivity contribution in [1.29, 1.82) is 0 Å². The summed E-state index contributed by atoms with van der Waals surface area (Å²) in [6.45, 7) is 5.66. The van der Waals surface area contributed by atoms with Crippen molar-refractivity contribution in [2.24, 2.45) is 5.92 Å². The summed E-state index contributed by atoms with van der Waals surface area (Å²) in [5.74, 6) is 1.90. The molecule has 3 heterocycles. The van der Waals surface area contributed by atoms with Crippen molar-refractivity contribution in [2.75, 3.05) is 19.0 Å². The lowest BCUT2D eigenvalue weighted by Crippen LogP contribution is -2.37. The Bertz CT molecular complexity index is 941. The number of carbonyl (C=O) groups excluding carboxylic acids is 1. The first-order chi connectivity index (χ1) is 13.0. The van der Waals surface area contributed by atoms with Crippen molar-refractivity contribution >= 4 is 17.7 Å². The van der Waals surface area contributed by atoms with Gasteiger partial charge in [-0.15, -0.1) is 0 Å². The van der Waals surface area contributed by atoms with Gasteiger partial charge in [-0.05, 0) is 23.6 Å². The average molecular weight is 387 g/mol. The van der Waals surface area contributed by atoms with Gasteiger partial charge in [0.1, 0.15) is 18.8 Å². The van der Waals surface area contributed by atoms with Gasteiger partial charge in [-0.1, -0.05) is 31.7 Å². The second-order valence-electron chi connectivity index (χ2n) is 6.86. The van der Waals surface area contributed by atoms with E-state index in [1.165, 1.54) is 18.0 Å². The minimum absolute atomic E-state index is 0.0736. The molecule has 1 aromatic heterocycles. The van der Waals surface area contributed by atoms with Crippen molar-refractivity contribution in [1.82, 2.24) is 14.9 Å². The maximum atomic E-state index is 12.8. The molecule has 2 aliphatic heterocycles. The van der Waals surface area contributed by atoms with Crippen molar-refractivity contribution in [3.8, 4) is 11.5 Å². The fourth-order valence-corrected chi connectivity index (χ4v) is 4.19. The molecule has 1 aromatic carbocycles. The normalized spacial score (nSPS) is 16.1. The summed E-state index contributed by atoms with van der Waals surface area (Å²) in [4.78, 5) is 29.7. The van der Waals surface area contributed by atoms with Crippen LogP contribution in [0.5, 0.6) is 11.5 Å². The van der Waals surface area contributed by atoms with Crippen molar-refractivity contribution < 1.29 is 14.3 Å². The molecule has 0 radical (unpaired) electrons. The number of nitrogens with zero attached hydrogens (tertiary/aromatic N) is 2. The summed E-state index contributed by atoms with van der Waals surface area (Å²) in [5.41, 5.74) is 0.698. The third-order valence-corrected chi connectivity index (χ3v) is 5.65. The highest BCUT2D eigenvalue weighted by Crippen LogP contribution is 2.34. The lowest BCUT2D eigenvalue weighted by molar-refractivity contribution is 0.0922. The lowest BCUT2D eigenvalue weighted by atomic mass is 9.95. The molecule has 2 aromatic rings. The molecule has 0 fully saturated rings. The molecule has 2 aliphatic rings. The number of benzene rings is 1. The summed E-state index contributed by atoms with van der Waals surface area (Å²) >= 11 is 1.53. The van der Waals surface area contributed by atoms with Gasteiger partial charge < -0.3 is 14.8 Å². The largest absolute Gasteiger partial charge is 0.486 e. The number of carbonyl (C=O) groups is 1. The van der Waals surface area contributed by atoms with E-state index in [2.05, 4.69) is 10.3 Å². The summed E-state index contributed by atoms with van der Waals surface area (Å²) in [7, 11) is 0. The van der Waals surface area contributed by atoms with Crippen LogP contribution >= 0.6 is 11.8 Å². The Hall–Kier alpha value is -2.48. The van der Waals surface area contributed by atoms with Gasteiger partial charge in [0, 0.05) is 18.5 Å². The fourth-order valence-electron chi connectivity index (χ4n) is 3.28. The molecule has 1 N–H and O–H groups in total. The fraction of sp³-hybridized carbons (Fsp3) is 0.421. The zero-order valence-electron chi connectivity index (χ0n) is 15.2. The first-order valence-electron chi connectivity index (χ1n) is 8.97. The Balaban J connectivity index is 1.61. The Morgan fingerprint density at radius 2 is 2.04 bits per heavy atom. The lowest BCUT2D eigenvalue weighted by Gasteiger charge is -2.25. The molecule has 0 saturated carbocycles. The van der Waals surface area contributed by atoms with Crippen LogP contribution in [0.3, 0.4) is 0 Å². The molecular formula is C19H21N3O4S. The third kappa shape index (κ3) is 3.41. The number of fused-ring (bicyclic) bond motifs is 2. The zero-order valence-corrected chi connectivity index (χ0v) is 16.0. The van der Waals surface area contributed by atoms with E-state index in [0.29, 0.717) is 36.4 Å². The van der Waals surface area contributed by atoms with Gasteiger partial charge in [-0.3, -0.25) is 14.2 Å². The third-order valence-electron chi connectivity index (χ3n) is 4.68. The first kappa shape index (κ1) is 17.9. The van der Waals surface area contributed by atoms with Crippen LogP contribution in [-0.4, -0.2) is 34.4 Å². The number of nitrogens with one attached hydrogen (secondary N) is 1. The Kier molecular flexibility index (Phi) is 4.82. The van der Waals surface area contributed by atoms with E-state index >= 15 is 0 Å². The van der Waals surface area contributed by atoms with Crippen LogP contribution in [0.15, 0.2) is 34.3 Å². The summed E-state index contributed by atoms with van der Waals surface area (Å²) in [6.07, 6.45) is 1.38. The molecule has 0 aliphatic carbocycles. The molecule has 0 bridgehead atoms. The van der Waals surface area contributed by atoms with Crippen LogP contribution in [0.25, 0.3) is 0 Å². The number of amides is 1. The van der Waals surface area contributed by atoms with Gasteiger partial charge in [-0.2, -0.15) is 0 Å². The summed E-state index contributed by atoms with van der Waals surface area (Å²) < 4.78 is 12.8. The Morgan fingerprint density at radius 1 is 1.26 bits per heavy atom. The molecule has 7 nitrogen and oxygen atoms in total. The van der Waals surface area contributed by atoms with Gasteiger partial charge in [-0.25, -0.2) is 4.98 Å². The van der Waals surface area contributed by atoms with Gasteiger partial charge in [0.25, 0.3) is 11.5 Å². The SMILES string of the molecule is CC(C)C(NC(=O)c1cnc2n(c1=O)CCS2)c1ccc2c(c1)OCCO2. The van der Waals surface area contributed by atoms with Crippen molar-refractivity contribution in [3.05, 3.63) is 45.9 Å². The molecule has 27 heavy (non-hydrogen) atoms. The van der Waals surface area contributed by atoms with Gasteiger partial charge in [0.05, 0.1) is 6.04 Å². The van der Waals surface area contributed by atoms with Gasteiger partial charge in [0.15, 0.2) is 16.7 Å². The van der Waals surface area contributed by atoms with E-state index in [-0.39, 0.29) is 23.1 Å². The van der Waals surface area contributed by atoms with Crippen molar-refractivity contribution in [3.63, 3.8) is 0 Å². The second kappa shape index (κ2) is 7.26. The maximum Gasteiger partial charge on any atom is 0.267 e. The van der Waals surface area contributed by atoms with E-state index in [1.54, 1.807) is 4.57 Å². The Labute approximate surface area is 161 Å². The monoisotopic (exact) mass is 387 g/mol. The number of thioether (sulfide) groups is 1. The number of hydrogen-bond donors (Lipinski definition) is 1. The number of hydrogen-bond acceptors (Lipinski definition) is 6. The highest BCUT2D eigenvalue weighted by Gasteiger charge is 2.25. The molecular weight excluding hydrogens is 366 g/mol. The number of aromatic nitrogens is 2. The maximum absolute atomic E-state index is 12.8. The molecule has 4 rings (SSSR count). The first-order valence-corrected chi connectivity index (χ1v) is 9.96. The van der Waals surface area contributed by atoms with Crippen LogP contribution in [0.1, 0.15) is 35.8 Å². The predicted octanol–water partition coefficient (Wildman–Crippen LogP) is 2.25. The predicted molar refractivity (Wildman–Crippen MR) is 102 cm³/mol. The van der Waals surface area contributed by atoms with Crippen LogP contribution in [0.4, 0.5) is 0 Å². The van der Waals surface area contributed by atoms with Crippen molar-refractivity contribution in [2.45, 2.75) is 31.6 Å². The zero-order chi connectivity index (χ0) is 19.0. The van der Waals surface area contributed by atoms with Crippen LogP contribution in [0.2, 0.25) is 0 Å². The number of rotatable bonds is 4. The second-order valence-corrected chi connectivity index (χ2v) is 7.92. The highest BCUT2D eigenvalue weighted by molar-refractivity contribution is 7.99. The molecule has 1 unspecified atom stereocenters. The average Bonchev–Trinajstić information content (AvgIpc) is 3.15. The van der Waals surface area contributed by atoms with Crippen LogP contribution < -0.4 is 20.3 Å². The van der Waals surface area contributed by atoms with Crippen LogP contribution in [-0.2, 0) is 6.54 Å². The van der Waals surface area contributed by atoms with E-state index < -0.39 is 5.91 Å². The van der Waals surface area contributed by atoms with E-state index in [9.17, 15) is 9.59 Å². The highest BCUT2D eigenvalue weighted by atomic mass is 32.2.